The molecule has 0 fully saturated rings. The van der Waals surface area contributed by atoms with Crippen LogP contribution < -0.4 is 10.5 Å². The van der Waals surface area contributed by atoms with Gasteiger partial charge in [0, 0.05) is 12.0 Å². The first-order valence-corrected chi connectivity index (χ1v) is 7.83. The Morgan fingerprint density at radius 2 is 2.05 bits per heavy atom. The van der Waals surface area contributed by atoms with E-state index in [9.17, 15) is 4.39 Å². The topological polar surface area (TPSA) is 35.2 Å². The molecule has 2 unspecified atom stereocenters. The van der Waals surface area contributed by atoms with Gasteiger partial charge in [0.05, 0.1) is 11.1 Å². The lowest BCUT2D eigenvalue weighted by Crippen LogP contribution is -2.39. The fourth-order valence-corrected chi connectivity index (χ4v) is 3.18. The molecule has 3 rings (SSSR count). The Morgan fingerprint density at radius 1 is 1.24 bits per heavy atom. The van der Waals surface area contributed by atoms with Crippen molar-refractivity contribution < 1.29 is 9.13 Å². The molecule has 0 aromatic heterocycles. The molecule has 2 N–H and O–H groups in total. The molecule has 110 valence electrons. The van der Waals surface area contributed by atoms with Gasteiger partial charge in [-0.2, -0.15) is 0 Å². The summed E-state index contributed by atoms with van der Waals surface area (Å²) in [6.07, 6.45) is 1.54. The maximum atomic E-state index is 13.6. The molecule has 0 spiro atoms. The minimum atomic E-state index is -0.245. The van der Waals surface area contributed by atoms with Gasteiger partial charge in [-0.15, -0.1) is 0 Å². The second-order valence-electron chi connectivity index (χ2n) is 5.46. The van der Waals surface area contributed by atoms with Crippen LogP contribution in [0.25, 0.3) is 0 Å². The van der Waals surface area contributed by atoms with Gasteiger partial charge in [0.1, 0.15) is 11.6 Å². The SMILES string of the molecule is NC(Cc1cccc(F)c1Br)C1COc2ccccc2C1. The summed E-state index contributed by atoms with van der Waals surface area (Å²) in [4.78, 5) is 0. The van der Waals surface area contributed by atoms with Crippen molar-refractivity contribution in [3.8, 4) is 5.75 Å². The van der Waals surface area contributed by atoms with Gasteiger partial charge in [0.15, 0.2) is 0 Å². The van der Waals surface area contributed by atoms with Crippen LogP contribution in [-0.2, 0) is 12.8 Å². The molecule has 1 aliphatic rings. The van der Waals surface area contributed by atoms with Gasteiger partial charge >= 0.3 is 0 Å². The highest BCUT2D eigenvalue weighted by Crippen LogP contribution is 2.29. The van der Waals surface area contributed by atoms with Crippen molar-refractivity contribution >= 4 is 15.9 Å². The highest BCUT2D eigenvalue weighted by molar-refractivity contribution is 9.10. The summed E-state index contributed by atoms with van der Waals surface area (Å²) < 4.78 is 19.9. The third-order valence-electron chi connectivity index (χ3n) is 4.00. The molecule has 2 aromatic rings. The predicted octanol–water partition coefficient (Wildman–Crippen LogP) is 3.71. The maximum Gasteiger partial charge on any atom is 0.137 e. The molecular formula is C17H17BrFNO. The Kier molecular flexibility index (Phi) is 4.27. The van der Waals surface area contributed by atoms with Crippen molar-refractivity contribution in [2.24, 2.45) is 11.7 Å². The lowest BCUT2D eigenvalue weighted by molar-refractivity contribution is 0.198. The van der Waals surface area contributed by atoms with E-state index in [0.717, 1.165) is 17.7 Å². The molecule has 0 bridgehead atoms. The van der Waals surface area contributed by atoms with E-state index in [0.29, 0.717) is 17.5 Å². The molecule has 4 heteroatoms. The Bertz CT molecular complexity index is 646. The maximum absolute atomic E-state index is 13.6. The number of fused-ring (bicyclic) bond motifs is 1. The molecule has 0 amide bonds. The van der Waals surface area contributed by atoms with Gasteiger partial charge in [0.25, 0.3) is 0 Å². The molecule has 0 saturated carbocycles. The zero-order valence-corrected chi connectivity index (χ0v) is 13.1. The van der Waals surface area contributed by atoms with E-state index in [-0.39, 0.29) is 17.8 Å². The van der Waals surface area contributed by atoms with E-state index in [1.54, 1.807) is 6.07 Å². The molecule has 2 atom stereocenters. The molecule has 0 saturated heterocycles. The van der Waals surface area contributed by atoms with Crippen molar-refractivity contribution in [3.63, 3.8) is 0 Å². The van der Waals surface area contributed by atoms with Crippen LogP contribution in [0.3, 0.4) is 0 Å². The predicted molar refractivity (Wildman–Crippen MR) is 84.9 cm³/mol. The fraction of sp³-hybridized carbons (Fsp3) is 0.294. The van der Waals surface area contributed by atoms with Crippen LogP contribution in [-0.4, -0.2) is 12.6 Å². The van der Waals surface area contributed by atoms with Crippen LogP contribution in [0.4, 0.5) is 4.39 Å². The molecule has 0 aliphatic carbocycles. The smallest absolute Gasteiger partial charge is 0.137 e. The summed E-state index contributed by atoms with van der Waals surface area (Å²) in [5, 5.41) is 0. The second kappa shape index (κ2) is 6.16. The van der Waals surface area contributed by atoms with E-state index in [4.69, 9.17) is 10.5 Å². The van der Waals surface area contributed by atoms with Crippen molar-refractivity contribution in [2.45, 2.75) is 18.9 Å². The van der Waals surface area contributed by atoms with Gasteiger partial charge in [-0.1, -0.05) is 30.3 Å². The molecule has 1 heterocycles. The largest absolute Gasteiger partial charge is 0.493 e. The van der Waals surface area contributed by atoms with Crippen LogP contribution >= 0.6 is 15.9 Å². The Labute approximate surface area is 132 Å². The van der Waals surface area contributed by atoms with E-state index in [2.05, 4.69) is 22.0 Å². The third kappa shape index (κ3) is 3.11. The van der Waals surface area contributed by atoms with Crippen LogP contribution in [0.2, 0.25) is 0 Å². The minimum Gasteiger partial charge on any atom is -0.493 e. The Hall–Kier alpha value is -1.39. The minimum absolute atomic E-state index is 0.0588. The van der Waals surface area contributed by atoms with E-state index >= 15 is 0 Å². The Balaban J connectivity index is 1.72. The van der Waals surface area contributed by atoms with Crippen molar-refractivity contribution in [3.05, 3.63) is 63.9 Å². The number of hydrogen-bond donors (Lipinski definition) is 1. The van der Waals surface area contributed by atoms with E-state index in [1.165, 1.54) is 11.6 Å². The zero-order chi connectivity index (χ0) is 14.8. The third-order valence-corrected chi connectivity index (χ3v) is 4.89. The number of hydrogen-bond acceptors (Lipinski definition) is 2. The van der Waals surface area contributed by atoms with Crippen LogP contribution in [0.1, 0.15) is 11.1 Å². The monoisotopic (exact) mass is 349 g/mol. The molecule has 0 radical (unpaired) electrons. The highest BCUT2D eigenvalue weighted by Gasteiger charge is 2.25. The number of rotatable bonds is 3. The average Bonchev–Trinajstić information content (AvgIpc) is 2.51. The van der Waals surface area contributed by atoms with Gasteiger partial charge in [-0.25, -0.2) is 4.39 Å². The summed E-state index contributed by atoms with van der Waals surface area (Å²) >= 11 is 3.30. The average molecular weight is 350 g/mol. The number of para-hydroxylation sites is 1. The number of ether oxygens (including phenoxy) is 1. The van der Waals surface area contributed by atoms with E-state index < -0.39 is 0 Å². The summed E-state index contributed by atoms with van der Waals surface area (Å²) in [5.41, 5.74) is 8.43. The van der Waals surface area contributed by atoms with Gasteiger partial charge < -0.3 is 10.5 Å². The summed E-state index contributed by atoms with van der Waals surface area (Å²) in [6.45, 7) is 0.616. The fourth-order valence-electron chi connectivity index (χ4n) is 2.75. The number of halogens is 2. The quantitative estimate of drug-likeness (QED) is 0.916. The van der Waals surface area contributed by atoms with Gasteiger partial charge in [-0.3, -0.25) is 0 Å². The first-order chi connectivity index (χ1) is 10.1. The van der Waals surface area contributed by atoms with Crippen molar-refractivity contribution in [1.29, 1.82) is 0 Å². The highest BCUT2D eigenvalue weighted by atomic mass is 79.9. The zero-order valence-electron chi connectivity index (χ0n) is 11.6. The standard InChI is InChI=1S/C17H17BrFNO/c18-17-12(5-3-6-14(17)19)9-15(20)13-8-11-4-1-2-7-16(11)21-10-13/h1-7,13,15H,8-10,20H2. The molecule has 2 aromatic carbocycles. The molecular weight excluding hydrogens is 333 g/mol. The van der Waals surface area contributed by atoms with Crippen LogP contribution in [0.5, 0.6) is 5.75 Å². The lowest BCUT2D eigenvalue weighted by Gasteiger charge is -2.29. The Morgan fingerprint density at radius 3 is 2.90 bits per heavy atom. The summed E-state index contributed by atoms with van der Waals surface area (Å²) in [6, 6.07) is 13.1. The number of nitrogens with two attached hydrogens (primary N) is 1. The van der Waals surface area contributed by atoms with Crippen LogP contribution in [0.15, 0.2) is 46.9 Å². The van der Waals surface area contributed by atoms with Gasteiger partial charge in [-0.05, 0) is 52.0 Å². The summed E-state index contributed by atoms with van der Waals surface area (Å²) in [7, 11) is 0. The van der Waals surface area contributed by atoms with Gasteiger partial charge in [0.2, 0.25) is 0 Å². The lowest BCUT2D eigenvalue weighted by atomic mass is 9.87. The second-order valence-corrected chi connectivity index (χ2v) is 6.26. The first kappa shape index (κ1) is 14.5. The van der Waals surface area contributed by atoms with Crippen LogP contribution in [0, 0.1) is 11.7 Å². The number of benzene rings is 2. The summed E-state index contributed by atoms with van der Waals surface area (Å²) in [5.74, 6) is 0.952. The van der Waals surface area contributed by atoms with Crippen molar-refractivity contribution in [2.75, 3.05) is 6.61 Å². The molecule has 21 heavy (non-hydrogen) atoms. The molecule has 1 aliphatic heterocycles. The van der Waals surface area contributed by atoms with E-state index in [1.807, 2.05) is 24.3 Å². The van der Waals surface area contributed by atoms with Crippen molar-refractivity contribution in [1.82, 2.24) is 0 Å². The normalized spacial score (nSPS) is 18.7. The molecule has 2 nitrogen and oxygen atoms in total. The first-order valence-electron chi connectivity index (χ1n) is 7.04.